The zero-order valence-electron chi connectivity index (χ0n) is 19.4. The summed E-state index contributed by atoms with van der Waals surface area (Å²) in [6.45, 7) is 6.93. The lowest BCUT2D eigenvalue weighted by atomic mass is 10.0. The number of aromatic nitrogens is 2. The molecule has 0 bridgehead atoms. The molecule has 2 aliphatic rings. The second-order valence-electron chi connectivity index (χ2n) is 9.01. The van der Waals surface area contributed by atoms with Crippen LogP contribution in [-0.4, -0.2) is 59.4 Å². The van der Waals surface area contributed by atoms with E-state index in [1.807, 2.05) is 30.5 Å². The first kappa shape index (κ1) is 22.1. The molecular weight excluding hydrogens is 428 g/mol. The van der Waals surface area contributed by atoms with E-state index in [0.29, 0.717) is 29.2 Å². The number of aryl methyl sites for hydroxylation is 1. The predicted molar refractivity (Wildman–Crippen MR) is 132 cm³/mol. The van der Waals surface area contributed by atoms with Crippen LogP contribution in [0.5, 0.6) is 0 Å². The molecule has 0 spiro atoms. The van der Waals surface area contributed by atoms with E-state index in [4.69, 9.17) is 4.74 Å². The number of anilines is 3. The van der Waals surface area contributed by atoms with Crippen molar-refractivity contribution in [2.45, 2.75) is 19.0 Å². The third kappa shape index (κ3) is 4.40. The van der Waals surface area contributed by atoms with E-state index in [2.05, 4.69) is 39.2 Å². The highest BCUT2D eigenvalue weighted by Gasteiger charge is 2.32. The molecule has 5 rings (SSSR count). The quantitative estimate of drug-likeness (QED) is 0.632. The van der Waals surface area contributed by atoms with E-state index in [9.17, 15) is 10.1 Å². The minimum atomic E-state index is -0.143. The summed E-state index contributed by atoms with van der Waals surface area (Å²) < 4.78 is 6.89. The van der Waals surface area contributed by atoms with Crippen molar-refractivity contribution in [3.05, 3.63) is 70.8 Å². The average molecular weight is 457 g/mol. The Bertz CT molecular complexity index is 1280. The van der Waals surface area contributed by atoms with Gasteiger partial charge in [0.1, 0.15) is 11.5 Å². The van der Waals surface area contributed by atoms with Gasteiger partial charge in [-0.15, -0.1) is 0 Å². The molecule has 1 N–H and O–H groups in total. The molecule has 1 atom stereocenters. The van der Waals surface area contributed by atoms with E-state index >= 15 is 0 Å². The first-order valence-corrected chi connectivity index (χ1v) is 11.5. The molecule has 2 aliphatic heterocycles. The van der Waals surface area contributed by atoms with Crippen LogP contribution in [-0.2, 0) is 11.8 Å². The maximum absolute atomic E-state index is 12.8. The van der Waals surface area contributed by atoms with E-state index in [1.54, 1.807) is 29.9 Å². The van der Waals surface area contributed by atoms with Crippen molar-refractivity contribution in [3.8, 4) is 17.2 Å². The van der Waals surface area contributed by atoms with Gasteiger partial charge in [0.05, 0.1) is 42.8 Å². The molecule has 2 aromatic heterocycles. The predicted octanol–water partition coefficient (Wildman–Crippen LogP) is 2.97. The van der Waals surface area contributed by atoms with Crippen molar-refractivity contribution >= 4 is 17.2 Å². The molecule has 0 radical (unpaired) electrons. The van der Waals surface area contributed by atoms with Crippen molar-refractivity contribution in [2.24, 2.45) is 7.05 Å². The van der Waals surface area contributed by atoms with E-state index in [-0.39, 0.29) is 5.56 Å². The average Bonchev–Trinajstić information content (AvgIpc) is 2.81. The number of piperazine rings is 1. The Morgan fingerprint density at radius 1 is 1.15 bits per heavy atom. The zero-order valence-corrected chi connectivity index (χ0v) is 19.4. The summed E-state index contributed by atoms with van der Waals surface area (Å²) in [5.41, 5.74) is 3.68. The van der Waals surface area contributed by atoms with Crippen LogP contribution in [0.3, 0.4) is 0 Å². The molecule has 34 heavy (non-hydrogen) atoms. The highest BCUT2D eigenvalue weighted by atomic mass is 16.5. The Morgan fingerprint density at radius 2 is 2.00 bits per heavy atom. The Balaban J connectivity index is 1.32. The second-order valence-corrected chi connectivity index (χ2v) is 9.01. The van der Waals surface area contributed by atoms with Gasteiger partial charge in [-0.3, -0.25) is 9.69 Å². The fourth-order valence-corrected chi connectivity index (χ4v) is 4.63. The summed E-state index contributed by atoms with van der Waals surface area (Å²) in [6, 6.07) is 16.2. The number of nitrogens with zero attached hydrogens (tertiary/aromatic N) is 5. The van der Waals surface area contributed by atoms with Crippen LogP contribution in [0.25, 0.3) is 11.1 Å². The van der Waals surface area contributed by atoms with E-state index in [0.717, 1.165) is 49.7 Å². The highest BCUT2D eigenvalue weighted by molar-refractivity contribution is 5.70. The third-order valence-electron chi connectivity index (χ3n) is 6.65. The molecule has 2 fully saturated rings. The van der Waals surface area contributed by atoms with Crippen LogP contribution < -0.4 is 15.8 Å². The van der Waals surface area contributed by atoms with Crippen LogP contribution in [0, 0.1) is 11.3 Å². The van der Waals surface area contributed by atoms with Gasteiger partial charge in [-0.1, -0.05) is 12.1 Å². The number of pyridine rings is 2. The van der Waals surface area contributed by atoms with Gasteiger partial charge in [-0.25, -0.2) is 4.98 Å². The molecule has 174 valence electrons. The molecule has 0 aliphatic carbocycles. The normalized spacial score (nSPS) is 18.9. The molecule has 0 saturated carbocycles. The topological polar surface area (TPSA) is 86.4 Å². The monoisotopic (exact) mass is 456 g/mol. The summed E-state index contributed by atoms with van der Waals surface area (Å²) >= 11 is 0. The van der Waals surface area contributed by atoms with Crippen molar-refractivity contribution < 1.29 is 4.74 Å². The van der Waals surface area contributed by atoms with Gasteiger partial charge in [0, 0.05) is 44.5 Å². The summed E-state index contributed by atoms with van der Waals surface area (Å²) in [7, 11) is 1.72. The smallest absolute Gasteiger partial charge is 0.274 e. The van der Waals surface area contributed by atoms with Gasteiger partial charge < -0.3 is 19.5 Å². The highest BCUT2D eigenvalue weighted by Crippen LogP contribution is 2.25. The second kappa shape index (κ2) is 9.29. The van der Waals surface area contributed by atoms with Crippen LogP contribution in [0.1, 0.15) is 12.5 Å². The van der Waals surface area contributed by atoms with Crippen LogP contribution in [0.15, 0.2) is 59.7 Å². The lowest BCUT2D eigenvalue weighted by Crippen LogP contribution is -2.59. The molecule has 8 nitrogen and oxygen atoms in total. The zero-order chi connectivity index (χ0) is 23.7. The number of hydrogen-bond acceptors (Lipinski definition) is 7. The number of hydrogen-bond donors (Lipinski definition) is 1. The summed E-state index contributed by atoms with van der Waals surface area (Å²) in [5, 5.41) is 12.4. The van der Waals surface area contributed by atoms with Crippen LogP contribution >= 0.6 is 0 Å². The molecule has 1 unspecified atom stereocenters. The van der Waals surface area contributed by atoms with Crippen molar-refractivity contribution in [1.82, 2.24) is 14.5 Å². The minimum Gasteiger partial charge on any atom is -0.378 e. The van der Waals surface area contributed by atoms with Crippen molar-refractivity contribution in [2.75, 3.05) is 43.1 Å². The maximum atomic E-state index is 12.8. The van der Waals surface area contributed by atoms with Gasteiger partial charge in [-0.05, 0) is 42.8 Å². The standard InChI is InChI=1S/C26H28N6O2/c1-18-14-31(23-16-34-17-23)8-9-32(18)22-6-7-25(28-13-22)29-24-11-21(15-30(2)26(24)33)20-5-3-4-19(10-20)12-27/h3-7,10-11,13,15,18,23H,8-9,14,16-17H2,1-2H3,(H,28,29). The fourth-order valence-electron chi connectivity index (χ4n) is 4.63. The Hall–Kier alpha value is -3.67. The van der Waals surface area contributed by atoms with Crippen molar-refractivity contribution in [1.29, 1.82) is 5.26 Å². The largest absolute Gasteiger partial charge is 0.378 e. The number of ether oxygens (including phenoxy) is 1. The first-order valence-electron chi connectivity index (χ1n) is 11.5. The molecule has 8 heteroatoms. The van der Waals surface area contributed by atoms with Crippen molar-refractivity contribution in [3.63, 3.8) is 0 Å². The Kier molecular flexibility index (Phi) is 6.05. The van der Waals surface area contributed by atoms with Gasteiger partial charge in [-0.2, -0.15) is 5.26 Å². The molecule has 4 heterocycles. The van der Waals surface area contributed by atoms with E-state index < -0.39 is 0 Å². The number of nitriles is 1. The molecule has 0 amide bonds. The minimum absolute atomic E-state index is 0.143. The lowest BCUT2D eigenvalue weighted by molar-refractivity contribution is -0.0691. The number of nitrogens with one attached hydrogen (secondary N) is 1. The maximum Gasteiger partial charge on any atom is 0.274 e. The summed E-state index contributed by atoms with van der Waals surface area (Å²) in [4.78, 5) is 22.2. The molecule has 1 aromatic carbocycles. The van der Waals surface area contributed by atoms with Crippen LogP contribution in [0.2, 0.25) is 0 Å². The Morgan fingerprint density at radius 3 is 2.68 bits per heavy atom. The van der Waals surface area contributed by atoms with Gasteiger partial charge >= 0.3 is 0 Å². The van der Waals surface area contributed by atoms with Gasteiger partial charge in [0.2, 0.25) is 0 Å². The molecular formula is C26H28N6O2. The number of benzene rings is 1. The number of rotatable bonds is 5. The molecule has 3 aromatic rings. The summed E-state index contributed by atoms with van der Waals surface area (Å²) in [6.07, 6.45) is 3.64. The molecule has 2 saturated heterocycles. The fraction of sp³-hybridized carbons (Fsp3) is 0.346. The van der Waals surface area contributed by atoms with Gasteiger partial charge in [0.25, 0.3) is 5.56 Å². The Labute approximate surface area is 199 Å². The summed E-state index contributed by atoms with van der Waals surface area (Å²) in [5.74, 6) is 0.613. The lowest BCUT2D eigenvalue weighted by Gasteiger charge is -2.46. The van der Waals surface area contributed by atoms with Gasteiger partial charge in [0.15, 0.2) is 0 Å². The van der Waals surface area contributed by atoms with E-state index in [1.165, 1.54) is 0 Å². The SMILES string of the molecule is CC1CN(C2COC2)CCN1c1ccc(Nc2cc(-c3cccc(C#N)c3)cn(C)c2=O)nc1. The van der Waals surface area contributed by atoms with Crippen LogP contribution in [0.4, 0.5) is 17.2 Å². The third-order valence-corrected chi connectivity index (χ3v) is 6.65. The first-order chi connectivity index (χ1) is 16.5.